The summed E-state index contributed by atoms with van der Waals surface area (Å²) in [4.78, 5) is 4.78. The van der Waals surface area contributed by atoms with E-state index in [4.69, 9.17) is 5.73 Å². The fourth-order valence-electron chi connectivity index (χ4n) is 2.70. The van der Waals surface area contributed by atoms with E-state index in [2.05, 4.69) is 21.9 Å². The van der Waals surface area contributed by atoms with Crippen LogP contribution in [0.3, 0.4) is 0 Å². The van der Waals surface area contributed by atoms with E-state index in [0.717, 1.165) is 44.0 Å². The Balaban J connectivity index is 1.55. The molecule has 2 N–H and O–H groups in total. The van der Waals surface area contributed by atoms with E-state index >= 15 is 0 Å². The third-order valence-electron chi connectivity index (χ3n) is 3.95. The van der Waals surface area contributed by atoms with Crippen LogP contribution in [0.4, 0.5) is 15.8 Å². The maximum Gasteiger partial charge on any atom is 0.123 e. The minimum Gasteiger partial charge on any atom is -0.399 e. The highest BCUT2D eigenvalue weighted by atomic mass is 19.1. The smallest absolute Gasteiger partial charge is 0.123 e. The normalized spacial score (nSPS) is 16.1. The minimum absolute atomic E-state index is 0.174. The molecule has 3 nitrogen and oxygen atoms in total. The van der Waals surface area contributed by atoms with Gasteiger partial charge in [-0.2, -0.15) is 0 Å². The summed E-state index contributed by atoms with van der Waals surface area (Å²) in [7, 11) is 0. The zero-order valence-electron chi connectivity index (χ0n) is 12.0. The number of benzene rings is 2. The molecular weight excluding hydrogens is 265 g/mol. The van der Waals surface area contributed by atoms with E-state index in [0.29, 0.717) is 0 Å². The Morgan fingerprint density at radius 2 is 1.48 bits per heavy atom. The maximum atomic E-state index is 12.9. The number of nitrogen functional groups attached to an aromatic ring is 1. The highest BCUT2D eigenvalue weighted by Gasteiger charge is 2.17. The lowest BCUT2D eigenvalue weighted by atomic mass is 10.2. The number of anilines is 2. The second kappa shape index (κ2) is 6.14. The molecule has 0 amide bonds. The van der Waals surface area contributed by atoms with Gasteiger partial charge in [-0.1, -0.05) is 12.1 Å². The van der Waals surface area contributed by atoms with Crippen molar-refractivity contribution in [2.45, 2.75) is 6.54 Å². The zero-order valence-corrected chi connectivity index (χ0v) is 12.0. The van der Waals surface area contributed by atoms with E-state index in [9.17, 15) is 4.39 Å². The molecule has 0 saturated carbocycles. The summed E-state index contributed by atoms with van der Waals surface area (Å²) in [6, 6.07) is 14.8. The highest BCUT2D eigenvalue weighted by molar-refractivity contribution is 5.53. The van der Waals surface area contributed by atoms with Gasteiger partial charge in [0.2, 0.25) is 0 Å². The van der Waals surface area contributed by atoms with Crippen LogP contribution in [0.25, 0.3) is 0 Å². The van der Waals surface area contributed by atoms with E-state index < -0.39 is 0 Å². The number of hydrogen-bond acceptors (Lipinski definition) is 3. The van der Waals surface area contributed by atoms with Crippen LogP contribution in [-0.4, -0.2) is 31.1 Å². The van der Waals surface area contributed by atoms with Gasteiger partial charge in [0.15, 0.2) is 0 Å². The van der Waals surface area contributed by atoms with E-state index in [1.54, 1.807) is 0 Å². The van der Waals surface area contributed by atoms with Crippen molar-refractivity contribution in [3.63, 3.8) is 0 Å². The van der Waals surface area contributed by atoms with Gasteiger partial charge in [-0.15, -0.1) is 0 Å². The molecule has 2 aromatic rings. The molecule has 2 aromatic carbocycles. The Morgan fingerprint density at radius 1 is 0.857 bits per heavy atom. The fraction of sp³-hybridized carbons (Fsp3) is 0.294. The summed E-state index contributed by atoms with van der Waals surface area (Å²) in [5.74, 6) is -0.174. The molecule has 0 aliphatic carbocycles. The lowest BCUT2D eigenvalue weighted by Gasteiger charge is -2.36. The van der Waals surface area contributed by atoms with Gasteiger partial charge in [0.25, 0.3) is 0 Å². The average molecular weight is 285 g/mol. The Bertz CT molecular complexity index is 572. The molecule has 1 aliphatic rings. The van der Waals surface area contributed by atoms with E-state index in [1.807, 2.05) is 24.3 Å². The van der Waals surface area contributed by atoms with Crippen LogP contribution in [0.2, 0.25) is 0 Å². The van der Waals surface area contributed by atoms with Crippen molar-refractivity contribution >= 4 is 11.4 Å². The van der Waals surface area contributed by atoms with Gasteiger partial charge >= 0.3 is 0 Å². The standard InChI is InChI=1S/C17H20FN3/c18-15-3-1-14(2-4-15)13-20-9-11-21(12-10-20)17-7-5-16(19)6-8-17/h1-8H,9-13,19H2. The number of piperazine rings is 1. The first-order chi connectivity index (χ1) is 10.2. The van der Waals surface area contributed by atoms with Gasteiger partial charge in [0.1, 0.15) is 5.82 Å². The van der Waals surface area contributed by atoms with Gasteiger partial charge in [-0.05, 0) is 42.0 Å². The molecule has 0 unspecified atom stereocenters. The number of hydrogen-bond donors (Lipinski definition) is 1. The van der Waals surface area contributed by atoms with Crippen molar-refractivity contribution in [2.24, 2.45) is 0 Å². The van der Waals surface area contributed by atoms with Crippen LogP contribution in [-0.2, 0) is 6.54 Å². The fourth-order valence-corrected chi connectivity index (χ4v) is 2.70. The molecule has 1 saturated heterocycles. The molecular formula is C17H20FN3. The van der Waals surface area contributed by atoms with Crippen LogP contribution >= 0.6 is 0 Å². The predicted octanol–water partition coefficient (Wildman–Crippen LogP) is 2.73. The van der Waals surface area contributed by atoms with Crippen molar-refractivity contribution in [2.75, 3.05) is 36.8 Å². The molecule has 0 bridgehead atoms. The third-order valence-corrected chi connectivity index (χ3v) is 3.95. The number of nitrogens with zero attached hydrogens (tertiary/aromatic N) is 2. The van der Waals surface area contributed by atoms with E-state index in [-0.39, 0.29) is 5.82 Å². The van der Waals surface area contributed by atoms with E-state index in [1.165, 1.54) is 17.8 Å². The molecule has 4 heteroatoms. The quantitative estimate of drug-likeness (QED) is 0.880. The Kier molecular flexibility index (Phi) is 4.06. The summed E-state index contributed by atoms with van der Waals surface area (Å²) >= 11 is 0. The first-order valence-corrected chi connectivity index (χ1v) is 7.28. The number of nitrogens with two attached hydrogens (primary N) is 1. The second-order valence-corrected chi connectivity index (χ2v) is 5.48. The summed E-state index contributed by atoms with van der Waals surface area (Å²) in [6.45, 7) is 4.93. The lowest BCUT2D eigenvalue weighted by molar-refractivity contribution is 0.250. The second-order valence-electron chi connectivity index (χ2n) is 5.48. The minimum atomic E-state index is -0.174. The predicted molar refractivity (Wildman–Crippen MR) is 84.7 cm³/mol. The molecule has 0 spiro atoms. The van der Waals surface area contributed by atoms with Crippen LogP contribution in [0.5, 0.6) is 0 Å². The molecule has 1 aliphatic heterocycles. The van der Waals surface area contributed by atoms with Crippen molar-refractivity contribution in [3.8, 4) is 0 Å². The largest absolute Gasteiger partial charge is 0.399 e. The van der Waals surface area contributed by atoms with Crippen LogP contribution in [0.1, 0.15) is 5.56 Å². The van der Waals surface area contributed by atoms with Gasteiger partial charge in [0.05, 0.1) is 0 Å². The molecule has 3 rings (SSSR count). The molecule has 0 radical (unpaired) electrons. The van der Waals surface area contributed by atoms with Crippen LogP contribution in [0.15, 0.2) is 48.5 Å². The SMILES string of the molecule is Nc1ccc(N2CCN(Cc3ccc(F)cc3)CC2)cc1. The van der Waals surface area contributed by atoms with Gasteiger partial charge in [0, 0.05) is 44.1 Å². The molecule has 0 atom stereocenters. The van der Waals surface area contributed by atoms with Crippen molar-refractivity contribution in [1.29, 1.82) is 0 Å². The molecule has 110 valence electrons. The Morgan fingerprint density at radius 3 is 2.10 bits per heavy atom. The number of rotatable bonds is 3. The summed E-state index contributed by atoms with van der Waals surface area (Å²) in [5.41, 5.74) is 8.91. The molecule has 0 aromatic heterocycles. The lowest BCUT2D eigenvalue weighted by Crippen LogP contribution is -2.45. The zero-order chi connectivity index (χ0) is 14.7. The molecule has 1 heterocycles. The van der Waals surface area contributed by atoms with Crippen LogP contribution < -0.4 is 10.6 Å². The van der Waals surface area contributed by atoms with Gasteiger partial charge in [-0.25, -0.2) is 4.39 Å². The van der Waals surface area contributed by atoms with Gasteiger partial charge in [-0.3, -0.25) is 4.90 Å². The summed E-state index contributed by atoms with van der Waals surface area (Å²) in [6.07, 6.45) is 0. The molecule has 1 fully saturated rings. The summed E-state index contributed by atoms with van der Waals surface area (Å²) < 4.78 is 12.9. The average Bonchev–Trinajstić information content (AvgIpc) is 2.51. The number of halogens is 1. The van der Waals surface area contributed by atoms with Crippen LogP contribution in [0, 0.1) is 5.82 Å². The first kappa shape index (κ1) is 13.9. The first-order valence-electron chi connectivity index (χ1n) is 7.28. The van der Waals surface area contributed by atoms with Crippen molar-refractivity contribution < 1.29 is 4.39 Å². The molecule has 21 heavy (non-hydrogen) atoms. The van der Waals surface area contributed by atoms with Crippen molar-refractivity contribution in [3.05, 3.63) is 59.9 Å². The van der Waals surface area contributed by atoms with Crippen molar-refractivity contribution in [1.82, 2.24) is 4.90 Å². The monoisotopic (exact) mass is 285 g/mol. The highest BCUT2D eigenvalue weighted by Crippen LogP contribution is 2.19. The van der Waals surface area contributed by atoms with Gasteiger partial charge < -0.3 is 10.6 Å². The third kappa shape index (κ3) is 3.52. The Hall–Kier alpha value is -2.07. The maximum absolute atomic E-state index is 12.9. The topological polar surface area (TPSA) is 32.5 Å². The Labute approximate surface area is 124 Å². The summed E-state index contributed by atoms with van der Waals surface area (Å²) in [5, 5.41) is 0.